The predicted octanol–water partition coefficient (Wildman–Crippen LogP) is 3.23. The van der Waals surface area contributed by atoms with E-state index in [-0.39, 0.29) is 17.8 Å². The summed E-state index contributed by atoms with van der Waals surface area (Å²) in [6.07, 6.45) is 1.70. The van der Waals surface area contributed by atoms with Crippen LogP contribution in [0.1, 0.15) is 23.2 Å². The second-order valence-corrected chi connectivity index (χ2v) is 5.40. The van der Waals surface area contributed by atoms with Crippen molar-refractivity contribution in [2.24, 2.45) is 0 Å². The average Bonchev–Trinajstić information content (AvgIpc) is 2.55. The summed E-state index contributed by atoms with van der Waals surface area (Å²) in [6.45, 7) is 1.37. The molecule has 0 atom stereocenters. The van der Waals surface area contributed by atoms with E-state index < -0.39 is 0 Å². The van der Waals surface area contributed by atoms with E-state index in [0.29, 0.717) is 29.5 Å². The summed E-state index contributed by atoms with van der Waals surface area (Å²) in [7, 11) is 1.82. The van der Waals surface area contributed by atoms with Crippen LogP contribution >= 0.6 is 0 Å². The Balaban J connectivity index is 1.96. The molecule has 2 aromatic carbocycles. The molecule has 3 rings (SSSR count). The highest BCUT2D eigenvalue weighted by Gasteiger charge is 2.24. The lowest BCUT2D eigenvalue weighted by Crippen LogP contribution is -2.40. The maximum Gasteiger partial charge on any atom is 0.254 e. The number of fused-ring (bicyclic) bond motifs is 1. The van der Waals surface area contributed by atoms with E-state index in [0.717, 1.165) is 12.8 Å². The average molecular weight is 287 g/mol. The minimum Gasteiger partial charge on any atom is -0.381 e. The van der Waals surface area contributed by atoms with Gasteiger partial charge in [0.2, 0.25) is 0 Å². The number of ether oxygens (including phenoxy) is 1. The quantitative estimate of drug-likeness (QED) is 0.848. The number of amides is 1. The van der Waals surface area contributed by atoms with E-state index in [1.54, 1.807) is 29.2 Å². The van der Waals surface area contributed by atoms with Crippen LogP contribution in [-0.4, -0.2) is 37.1 Å². The van der Waals surface area contributed by atoms with Crippen molar-refractivity contribution >= 4 is 16.7 Å². The normalized spacial score (nSPS) is 16.1. The van der Waals surface area contributed by atoms with Crippen LogP contribution in [0.25, 0.3) is 10.8 Å². The Hall–Kier alpha value is -1.94. The molecular weight excluding hydrogens is 269 g/mol. The number of halogens is 1. The Kier molecular flexibility index (Phi) is 3.88. The Bertz CT molecular complexity index is 665. The first-order valence-corrected chi connectivity index (χ1v) is 7.20. The molecule has 0 aliphatic carbocycles. The summed E-state index contributed by atoms with van der Waals surface area (Å²) in [4.78, 5) is 14.5. The number of benzene rings is 2. The molecule has 4 heteroatoms. The lowest BCUT2D eigenvalue weighted by atomic mass is 10.0. The molecule has 1 heterocycles. The van der Waals surface area contributed by atoms with Gasteiger partial charge in [-0.1, -0.05) is 24.3 Å². The molecule has 1 aliphatic rings. The van der Waals surface area contributed by atoms with Crippen molar-refractivity contribution in [1.29, 1.82) is 0 Å². The second kappa shape index (κ2) is 5.82. The highest BCUT2D eigenvalue weighted by molar-refractivity contribution is 6.07. The Labute approximate surface area is 123 Å². The predicted molar refractivity (Wildman–Crippen MR) is 79.8 cm³/mol. The monoisotopic (exact) mass is 287 g/mol. The lowest BCUT2D eigenvalue weighted by molar-refractivity contribution is 0.0363. The minimum atomic E-state index is -0.295. The van der Waals surface area contributed by atoms with Crippen molar-refractivity contribution in [3.05, 3.63) is 47.8 Å². The molecule has 1 fully saturated rings. The van der Waals surface area contributed by atoms with Crippen molar-refractivity contribution < 1.29 is 13.9 Å². The number of nitrogens with zero attached hydrogens (tertiary/aromatic N) is 1. The van der Waals surface area contributed by atoms with Gasteiger partial charge >= 0.3 is 0 Å². The third-order valence-corrected chi connectivity index (χ3v) is 4.16. The number of carbonyl (C=O) groups excluding carboxylic acids is 1. The third-order valence-electron chi connectivity index (χ3n) is 4.16. The van der Waals surface area contributed by atoms with Crippen LogP contribution in [0.2, 0.25) is 0 Å². The van der Waals surface area contributed by atoms with Gasteiger partial charge < -0.3 is 9.64 Å². The lowest BCUT2D eigenvalue weighted by Gasteiger charge is -2.31. The fourth-order valence-corrected chi connectivity index (χ4v) is 2.88. The molecular formula is C17H18FNO2. The summed E-state index contributed by atoms with van der Waals surface area (Å²) in [5.41, 5.74) is 0.556. The minimum absolute atomic E-state index is 0.0573. The van der Waals surface area contributed by atoms with Gasteiger partial charge in [0.05, 0.1) is 0 Å². The molecule has 1 aliphatic heterocycles. The number of rotatable bonds is 2. The molecule has 2 aromatic rings. The molecule has 0 spiro atoms. The van der Waals surface area contributed by atoms with Crippen LogP contribution in [-0.2, 0) is 4.74 Å². The summed E-state index contributed by atoms with van der Waals surface area (Å²) < 4.78 is 19.2. The second-order valence-electron chi connectivity index (χ2n) is 5.40. The van der Waals surface area contributed by atoms with Crippen LogP contribution in [0.3, 0.4) is 0 Å². The smallest absolute Gasteiger partial charge is 0.254 e. The summed E-state index contributed by atoms with van der Waals surface area (Å²) >= 11 is 0. The molecule has 1 saturated heterocycles. The molecule has 21 heavy (non-hydrogen) atoms. The van der Waals surface area contributed by atoms with Gasteiger partial charge in [-0.2, -0.15) is 0 Å². The van der Waals surface area contributed by atoms with Gasteiger partial charge in [0, 0.05) is 37.3 Å². The van der Waals surface area contributed by atoms with E-state index in [1.807, 2.05) is 13.1 Å². The molecule has 0 radical (unpaired) electrons. The Morgan fingerprint density at radius 3 is 2.52 bits per heavy atom. The van der Waals surface area contributed by atoms with Crippen LogP contribution in [0.15, 0.2) is 36.4 Å². The first kappa shape index (κ1) is 14.0. The standard InChI is InChI=1S/C17H18FNO2/c1-19(12-8-10-21-11-9-12)17(20)15-6-7-16(18)14-5-3-2-4-13(14)15/h2-7,12H,8-11H2,1H3. The molecule has 0 saturated carbocycles. The first-order chi connectivity index (χ1) is 10.2. The van der Waals surface area contributed by atoms with Gasteiger partial charge in [-0.05, 0) is 30.4 Å². The fourth-order valence-electron chi connectivity index (χ4n) is 2.88. The molecule has 3 nitrogen and oxygen atoms in total. The van der Waals surface area contributed by atoms with Crippen molar-refractivity contribution in [3.8, 4) is 0 Å². The van der Waals surface area contributed by atoms with E-state index in [1.165, 1.54) is 6.07 Å². The van der Waals surface area contributed by atoms with Crippen LogP contribution in [0.4, 0.5) is 4.39 Å². The topological polar surface area (TPSA) is 29.5 Å². The van der Waals surface area contributed by atoms with E-state index in [9.17, 15) is 9.18 Å². The third kappa shape index (κ3) is 2.63. The van der Waals surface area contributed by atoms with Crippen molar-refractivity contribution in [2.75, 3.05) is 20.3 Å². The van der Waals surface area contributed by atoms with Crippen molar-refractivity contribution in [1.82, 2.24) is 4.90 Å². The molecule has 1 amide bonds. The van der Waals surface area contributed by atoms with Gasteiger partial charge in [0.15, 0.2) is 0 Å². The van der Waals surface area contributed by atoms with Crippen LogP contribution < -0.4 is 0 Å². The van der Waals surface area contributed by atoms with Gasteiger partial charge in [-0.15, -0.1) is 0 Å². The molecule has 0 bridgehead atoms. The van der Waals surface area contributed by atoms with Crippen LogP contribution in [0, 0.1) is 5.82 Å². The maximum atomic E-state index is 13.8. The Morgan fingerprint density at radius 2 is 1.81 bits per heavy atom. The first-order valence-electron chi connectivity index (χ1n) is 7.20. The van der Waals surface area contributed by atoms with E-state index in [4.69, 9.17) is 4.74 Å². The van der Waals surface area contributed by atoms with Gasteiger partial charge in [0.25, 0.3) is 5.91 Å². The molecule has 110 valence electrons. The number of carbonyl (C=O) groups is 1. The maximum absolute atomic E-state index is 13.8. The Morgan fingerprint density at radius 1 is 1.14 bits per heavy atom. The van der Waals surface area contributed by atoms with E-state index in [2.05, 4.69) is 0 Å². The highest BCUT2D eigenvalue weighted by atomic mass is 19.1. The van der Waals surface area contributed by atoms with Crippen molar-refractivity contribution in [3.63, 3.8) is 0 Å². The highest BCUT2D eigenvalue weighted by Crippen LogP contribution is 2.24. The van der Waals surface area contributed by atoms with E-state index >= 15 is 0 Å². The van der Waals surface area contributed by atoms with Gasteiger partial charge in [-0.3, -0.25) is 4.79 Å². The fraction of sp³-hybridized carbons (Fsp3) is 0.353. The zero-order chi connectivity index (χ0) is 14.8. The molecule has 0 unspecified atom stereocenters. The largest absolute Gasteiger partial charge is 0.381 e. The molecule has 0 N–H and O–H groups in total. The van der Waals surface area contributed by atoms with Gasteiger partial charge in [0.1, 0.15) is 5.82 Å². The summed E-state index contributed by atoms with van der Waals surface area (Å²) in [5, 5.41) is 1.16. The van der Waals surface area contributed by atoms with Gasteiger partial charge in [-0.25, -0.2) is 4.39 Å². The number of hydrogen-bond donors (Lipinski definition) is 0. The zero-order valence-electron chi connectivity index (χ0n) is 12.0. The number of hydrogen-bond acceptors (Lipinski definition) is 2. The van der Waals surface area contributed by atoms with Crippen LogP contribution in [0.5, 0.6) is 0 Å². The summed E-state index contributed by atoms with van der Waals surface area (Å²) in [5.74, 6) is -0.353. The SMILES string of the molecule is CN(C(=O)c1ccc(F)c2ccccc12)C1CCOCC1. The molecule has 0 aromatic heterocycles. The van der Waals surface area contributed by atoms with Crippen molar-refractivity contribution in [2.45, 2.75) is 18.9 Å². The summed E-state index contributed by atoms with van der Waals surface area (Å²) in [6, 6.07) is 10.2. The zero-order valence-corrected chi connectivity index (χ0v) is 12.0.